The molecular weight excluding hydrogens is 504 g/mol. The van der Waals surface area contributed by atoms with Crippen LogP contribution in [0.25, 0.3) is 60.1 Å². The highest BCUT2D eigenvalue weighted by Gasteiger charge is 2.19. The van der Waals surface area contributed by atoms with Crippen molar-refractivity contribution in [2.75, 3.05) is 0 Å². The van der Waals surface area contributed by atoms with Gasteiger partial charge in [0.15, 0.2) is 0 Å². The third-order valence-electron chi connectivity index (χ3n) is 9.39. The van der Waals surface area contributed by atoms with Crippen LogP contribution in [0.5, 0.6) is 0 Å². The Bertz CT molecular complexity index is 1940. The van der Waals surface area contributed by atoms with Crippen molar-refractivity contribution < 1.29 is 0 Å². The average molecular weight is 543 g/mol. The van der Waals surface area contributed by atoms with E-state index in [1.807, 2.05) is 0 Å². The normalized spacial score (nSPS) is 15.3. The maximum atomic E-state index is 2.51. The van der Waals surface area contributed by atoms with Crippen LogP contribution in [0.1, 0.15) is 51.2 Å². The quantitative estimate of drug-likeness (QED) is 0.184. The summed E-state index contributed by atoms with van der Waals surface area (Å²) in [4.78, 5) is 0. The van der Waals surface area contributed by atoms with Crippen LogP contribution >= 0.6 is 0 Å². The lowest BCUT2D eigenvalue weighted by Gasteiger charge is -2.22. The van der Waals surface area contributed by atoms with Gasteiger partial charge in [-0.25, -0.2) is 0 Å². The van der Waals surface area contributed by atoms with E-state index in [4.69, 9.17) is 0 Å². The van der Waals surface area contributed by atoms with Crippen molar-refractivity contribution in [1.82, 2.24) is 0 Å². The number of aryl methyl sites for hydroxylation is 1. The molecule has 0 spiro atoms. The zero-order chi connectivity index (χ0) is 28.6. The van der Waals surface area contributed by atoms with E-state index in [-0.39, 0.29) is 0 Å². The summed E-state index contributed by atoms with van der Waals surface area (Å²) in [7, 11) is 0. The first-order valence-corrected chi connectivity index (χ1v) is 15.7. The number of hydrogen-bond acceptors (Lipinski definition) is 0. The fourth-order valence-corrected chi connectivity index (χ4v) is 7.19. The fraction of sp³-hybridized carbons (Fsp3) is 0.190. The highest BCUT2D eigenvalue weighted by Crippen LogP contribution is 2.45. The van der Waals surface area contributed by atoms with Gasteiger partial charge < -0.3 is 0 Å². The van der Waals surface area contributed by atoms with Gasteiger partial charge >= 0.3 is 0 Å². The number of rotatable bonds is 6. The fourth-order valence-electron chi connectivity index (χ4n) is 7.19. The van der Waals surface area contributed by atoms with Crippen molar-refractivity contribution in [3.05, 3.63) is 138 Å². The summed E-state index contributed by atoms with van der Waals surface area (Å²) in [5, 5.41) is 7.91. The Balaban J connectivity index is 1.45. The van der Waals surface area contributed by atoms with E-state index in [1.54, 1.807) is 0 Å². The molecule has 0 aliphatic heterocycles. The average Bonchev–Trinajstić information content (AvgIpc) is 3.06. The van der Waals surface area contributed by atoms with Crippen LogP contribution in [-0.2, 0) is 6.42 Å². The van der Waals surface area contributed by atoms with E-state index in [0.29, 0.717) is 5.92 Å². The van der Waals surface area contributed by atoms with Gasteiger partial charge in [0.25, 0.3) is 0 Å². The maximum absolute atomic E-state index is 2.51. The molecule has 0 radical (unpaired) electrons. The molecule has 0 bridgehead atoms. The lowest BCUT2D eigenvalue weighted by Crippen LogP contribution is -2.03. The van der Waals surface area contributed by atoms with Gasteiger partial charge in [-0.1, -0.05) is 142 Å². The summed E-state index contributed by atoms with van der Waals surface area (Å²) in [6, 6.07) is 40.9. The van der Waals surface area contributed by atoms with E-state index in [1.165, 1.54) is 83.3 Å². The van der Waals surface area contributed by atoms with Gasteiger partial charge in [0.05, 0.1) is 0 Å². The van der Waals surface area contributed by atoms with Crippen molar-refractivity contribution in [2.24, 2.45) is 5.92 Å². The molecule has 0 aromatic heterocycles. The Morgan fingerprint density at radius 2 is 1.10 bits per heavy atom. The molecule has 0 saturated heterocycles. The van der Waals surface area contributed by atoms with Crippen molar-refractivity contribution in [3.8, 4) is 22.3 Å². The zero-order valence-corrected chi connectivity index (χ0v) is 25.0. The zero-order valence-electron chi connectivity index (χ0n) is 25.0. The second-order valence-electron chi connectivity index (χ2n) is 11.7. The summed E-state index contributed by atoms with van der Waals surface area (Å²) in [5.41, 5.74) is 10.9. The molecule has 0 saturated carbocycles. The molecule has 0 fully saturated rings. The Morgan fingerprint density at radius 3 is 1.71 bits per heavy atom. The molecule has 0 heterocycles. The van der Waals surface area contributed by atoms with Crippen LogP contribution in [0.4, 0.5) is 0 Å². The first kappa shape index (κ1) is 26.5. The number of fused-ring (bicyclic) bond motifs is 3. The molecular formula is C42H38. The molecule has 1 aliphatic carbocycles. The van der Waals surface area contributed by atoms with Gasteiger partial charge in [-0.15, -0.1) is 0 Å². The molecule has 42 heavy (non-hydrogen) atoms. The van der Waals surface area contributed by atoms with Gasteiger partial charge in [0.2, 0.25) is 0 Å². The van der Waals surface area contributed by atoms with E-state index in [9.17, 15) is 0 Å². The van der Waals surface area contributed by atoms with Gasteiger partial charge in [0, 0.05) is 0 Å². The van der Waals surface area contributed by atoms with Gasteiger partial charge in [-0.2, -0.15) is 0 Å². The Hall–Kier alpha value is -4.42. The molecule has 1 unspecified atom stereocenters. The van der Waals surface area contributed by atoms with Crippen LogP contribution < -0.4 is 0 Å². The number of hydrogen-bond donors (Lipinski definition) is 0. The molecule has 6 aromatic rings. The minimum Gasteiger partial charge on any atom is -0.0773 e. The van der Waals surface area contributed by atoms with Gasteiger partial charge in [0.1, 0.15) is 0 Å². The lowest BCUT2D eigenvalue weighted by molar-refractivity contribution is 0.627. The van der Waals surface area contributed by atoms with E-state index >= 15 is 0 Å². The van der Waals surface area contributed by atoms with Gasteiger partial charge in [-0.05, 0) is 108 Å². The van der Waals surface area contributed by atoms with Crippen molar-refractivity contribution in [1.29, 1.82) is 0 Å². The van der Waals surface area contributed by atoms with Crippen molar-refractivity contribution in [3.63, 3.8) is 0 Å². The molecule has 6 aromatic carbocycles. The largest absolute Gasteiger partial charge is 0.0773 e. The third-order valence-corrected chi connectivity index (χ3v) is 9.39. The lowest BCUT2D eigenvalue weighted by atomic mass is 9.83. The topological polar surface area (TPSA) is 0 Å². The standard InChI is InChI=1S/C42H38/c1-4-28-21-26-33(30(6-3)27-28)31-22-24-32(25-23-31)41-37-14-7-9-16-39(37)42(40-17-10-8-15-38(40)41)36-20-12-18-34-29(5-2)13-11-19-35(34)36/h7-20,22-28H,4-6,21H2,1-3H3. The molecule has 7 rings (SSSR count). The van der Waals surface area contributed by atoms with Crippen LogP contribution in [0, 0.1) is 5.92 Å². The second kappa shape index (κ2) is 11.1. The summed E-state index contributed by atoms with van der Waals surface area (Å²) in [6.07, 6.45) is 9.44. The Kier molecular flexibility index (Phi) is 7.00. The summed E-state index contributed by atoms with van der Waals surface area (Å²) < 4.78 is 0. The number of benzene rings is 6. The first-order valence-electron chi connectivity index (χ1n) is 15.7. The van der Waals surface area contributed by atoms with Gasteiger partial charge in [-0.3, -0.25) is 0 Å². The van der Waals surface area contributed by atoms with Crippen molar-refractivity contribution >= 4 is 37.9 Å². The van der Waals surface area contributed by atoms with E-state index in [0.717, 1.165) is 19.3 Å². The van der Waals surface area contributed by atoms with E-state index in [2.05, 4.69) is 142 Å². The summed E-state index contributed by atoms with van der Waals surface area (Å²) >= 11 is 0. The van der Waals surface area contributed by atoms with Crippen LogP contribution in [0.2, 0.25) is 0 Å². The highest BCUT2D eigenvalue weighted by atomic mass is 14.2. The van der Waals surface area contributed by atoms with Crippen LogP contribution in [0.3, 0.4) is 0 Å². The Labute approximate surface area is 250 Å². The number of allylic oxidation sites excluding steroid dienone is 4. The molecule has 1 atom stereocenters. The first-order chi connectivity index (χ1) is 20.7. The molecule has 0 heteroatoms. The SMILES string of the molecule is CCC1=CC(CC)CC=C1c1ccc(-c2c3ccccc3c(-c3cccc4c(CC)cccc34)c3ccccc23)cc1. The maximum Gasteiger partial charge on any atom is -0.00201 e. The minimum atomic E-state index is 0.675. The smallest absolute Gasteiger partial charge is 0.00201 e. The minimum absolute atomic E-state index is 0.675. The summed E-state index contributed by atoms with van der Waals surface area (Å²) in [6.45, 7) is 6.83. The van der Waals surface area contributed by atoms with Crippen molar-refractivity contribution in [2.45, 2.75) is 46.5 Å². The van der Waals surface area contributed by atoms with Crippen LogP contribution in [0.15, 0.2) is 127 Å². The predicted molar refractivity (Wildman–Crippen MR) is 184 cm³/mol. The van der Waals surface area contributed by atoms with Crippen LogP contribution in [-0.4, -0.2) is 0 Å². The second-order valence-corrected chi connectivity index (χ2v) is 11.7. The summed E-state index contributed by atoms with van der Waals surface area (Å²) in [5.74, 6) is 0.675. The monoisotopic (exact) mass is 542 g/mol. The highest BCUT2D eigenvalue weighted by molar-refractivity contribution is 6.23. The molecule has 206 valence electrons. The van der Waals surface area contributed by atoms with E-state index < -0.39 is 0 Å². The molecule has 0 N–H and O–H groups in total. The third kappa shape index (κ3) is 4.38. The molecule has 0 nitrogen and oxygen atoms in total. The molecule has 0 amide bonds. The predicted octanol–water partition coefficient (Wildman–Crippen LogP) is 12.2. The molecule has 1 aliphatic rings. The Morgan fingerprint density at radius 1 is 0.524 bits per heavy atom.